The molecule has 0 radical (unpaired) electrons. The van der Waals surface area contributed by atoms with Crippen molar-refractivity contribution in [3.8, 4) is 0 Å². The fourth-order valence-electron chi connectivity index (χ4n) is 2.73. The van der Waals surface area contributed by atoms with E-state index >= 15 is 0 Å². The van der Waals surface area contributed by atoms with Gasteiger partial charge in [-0.1, -0.05) is 61.6 Å². The summed E-state index contributed by atoms with van der Waals surface area (Å²) in [6, 6.07) is 0. The Kier molecular flexibility index (Phi) is 2.30. The number of aliphatic hydroxyl groups excluding tert-OH is 1. The summed E-state index contributed by atoms with van der Waals surface area (Å²) in [4.78, 5) is 0.238. The Morgan fingerprint density at radius 3 is 2.08 bits per heavy atom. The lowest BCUT2D eigenvalue weighted by Crippen LogP contribution is -2.33. The van der Waals surface area contributed by atoms with Crippen LogP contribution in [0.4, 0.5) is 0 Å². The molecule has 2 fully saturated rings. The van der Waals surface area contributed by atoms with Gasteiger partial charge in [0.05, 0.1) is 9.34 Å². The summed E-state index contributed by atoms with van der Waals surface area (Å²) in [5.41, 5.74) is 0.442. The molecule has 0 aromatic rings. The Bertz CT molecular complexity index is 231. The molecule has 0 heterocycles. The van der Waals surface area contributed by atoms with E-state index in [1.54, 1.807) is 0 Å². The SMILES string of the molecule is C[C@]12C[C@@H](Br)[C@@H](O)C[C@]1(C)C2(Br)Br. The normalized spacial score (nSPS) is 58.6. The van der Waals surface area contributed by atoms with Gasteiger partial charge in [0.15, 0.2) is 0 Å². The van der Waals surface area contributed by atoms with E-state index in [1.165, 1.54) is 0 Å². The van der Waals surface area contributed by atoms with E-state index in [2.05, 4.69) is 61.6 Å². The summed E-state index contributed by atoms with van der Waals surface area (Å²) < 4.78 is 0.0174. The summed E-state index contributed by atoms with van der Waals surface area (Å²) in [6.45, 7) is 4.51. The Balaban J connectivity index is 2.31. The number of aliphatic hydroxyl groups is 1. The van der Waals surface area contributed by atoms with E-state index in [9.17, 15) is 5.11 Å². The van der Waals surface area contributed by atoms with E-state index in [-0.39, 0.29) is 25.0 Å². The molecule has 0 unspecified atom stereocenters. The lowest BCUT2D eigenvalue weighted by Gasteiger charge is -2.31. The van der Waals surface area contributed by atoms with Crippen molar-refractivity contribution in [1.29, 1.82) is 0 Å². The number of halogens is 3. The fourth-order valence-corrected chi connectivity index (χ4v) is 5.76. The van der Waals surface area contributed by atoms with E-state index in [0.29, 0.717) is 0 Å². The van der Waals surface area contributed by atoms with Gasteiger partial charge in [-0.15, -0.1) is 0 Å². The average molecular weight is 377 g/mol. The maximum atomic E-state index is 9.80. The minimum absolute atomic E-state index is 0.0174. The van der Waals surface area contributed by atoms with Gasteiger partial charge in [-0.2, -0.15) is 0 Å². The first-order valence-electron chi connectivity index (χ1n) is 4.46. The molecule has 0 amide bonds. The van der Waals surface area contributed by atoms with Crippen LogP contribution in [-0.4, -0.2) is 19.3 Å². The van der Waals surface area contributed by atoms with Crippen molar-refractivity contribution in [2.45, 2.75) is 40.9 Å². The lowest BCUT2D eigenvalue weighted by molar-refractivity contribution is 0.0888. The molecular formula is C9H13Br3O. The van der Waals surface area contributed by atoms with Crippen LogP contribution >= 0.6 is 47.8 Å². The summed E-state index contributed by atoms with van der Waals surface area (Å²) in [7, 11) is 0. The van der Waals surface area contributed by atoms with E-state index in [4.69, 9.17) is 0 Å². The molecule has 0 aliphatic heterocycles. The van der Waals surface area contributed by atoms with Crippen molar-refractivity contribution < 1.29 is 5.11 Å². The minimum Gasteiger partial charge on any atom is -0.392 e. The first-order valence-corrected chi connectivity index (χ1v) is 6.96. The Morgan fingerprint density at radius 1 is 1.15 bits per heavy atom. The van der Waals surface area contributed by atoms with Crippen LogP contribution in [0, 0.1) is 10.8 Å². The molecule has 4 heteroatoms. The smallest absolute Gasteiger partial charge is 0.0925 e. The molecule has 2 aliphatic carbocycles. The van der Waals surface area contributed by atoms with Gasteiger partial charge >= 0.3 is 0 Å². The number of fused-ring (bicyclic) bond motifs is 1. The van der Waals surface area contributed by atoms with Gasteiger partial charge in [-0.3, -0.25) is 0 Å². The number of hydrogen-bond donors (Lipinski definition) is 1. The number of rotatable bonds is 0. The Labute approximate surface area is 104 Å². The molecule has 0 aromatic heterocycles. The molecule has 2 aliphatic rings. The highest BCUT2D eigenvalue weighted by atomic mass is 79.9. The average Bonchev–Trinajstić information content (AvgIpc) is 2.30. The van der Waals surface area contributed by atoms with Gasteiger partial charge in [0, 0.05) is 15.7 Å². The lowest BCUT2D eigenvalue weighted by atomic mass is 9.80. The third-order valence-corrected chi connectivity index (χ3v) is 8.61. The highest BCUT2D eigenvalue weighted by Gasteiger charge is 2.81. The van der Waals surface area contributed by atoms with Crippen molar-refractivity contribution in [2.24, 2.45) is 10.8 Å². The molecule has 2 rings (SSSR count). The van der Waals surface area contributed by atoms with Gasteiger partial charge in [-0.25, -0.2) is 0 Å². The van der Waals surface area contributed by atoms with Crippen LogP contribution in [0.3, 0.4) is 0 Å². The predicted molar refractivity (Wildman–Crippen MR) is 64.8 cm³/mol. The molecule has 0 bridgehead atoms. The monoisotopic (exact) mass is 374 g/mol. The van der Waals surface area contributed by atoms with Crippen LogP contribution in [-0.2, 0) is 0 Å². The van der Waals surface area contributed by atoms with Crippen LogP contribution in [0.25, 0.3) is 0 Å². The largest absolute Gasteiger partial charge is 0.392 e. The topological polar surface area (TPSA) is 20.2 Å². The van der Waals surface area contributed by atoms with Crippen molar-refractivity contribution in [1.82, 2.24) is 0 Å². The van der Waals surface area contributed by atoms with Crippen molar-refractivity contribution in [3.05, 3.63) is 0 Å². The quantitative estimate of drug-likeness (QED) is 0.642. The van der Waals surface area contributed by atoms with Crippen molar-refractivity contribution >= 4 is 47.8 Å². The first kappa shape index (κ1) is 10.9. The van der Waals surface area contributed by atoms with Gasteiger partial charge in [0.2, 0.25) is 0 Å². The zero-order chi connectivity index (χ0) is 10.1. The molecule has 13 heavy (non-hydrogen) atoms. The van der Waals surface area contributed by atoms with Crippen LogP contribution in [0.5, 0.6) is 0 Å². The van der Waals surface area contributed by atoms with E-state index in [0.717, 1.165) is 12.8 Å². The highest BCUT2D eigenvalue weighted by Crippen LogP contribution is 2.84. The van der Waals surface area contributed by atoms with Crippen LogP contribution < -0.4 is 0 Å². The molecule has 0 saturated heterocycles. The van der Waals surface area contributed by atoms with Gasteiger partial charge in [0.25, 0.3) is 0 Å². The van der Waals surface area contributed by atoms with Crippen LogP contribution in [0.2, 0.25) is 0 Å². The summed E-state index contributed by atoms with van der Waals surface area (Å²) >= 11 is 11.0. The van der Waals surface area contributed by atoms with E-state index in [1.807, 2.05) is 0 Å². The zero-order valence-electron chi connectivity index (χ0n) is 7.65. The predicted octanol–water partition coefficient (Wildman–Crippen LogP) is 3.42. The zero-order valence-corrected chi connectivity index (χ0v) is 12.4. The molecule has 0 spiro atoms. The summed E-state index contributed by atoms with van der Waals surface area (Å²) in [6.07, 6.45) is 1.66. The van der Waals surface area contributed by atoms with Crippen molar-refractivity contribution in [2.75, 3.05) is 0 Å². The van der Waals surface area contributed by atoms with E-state index < -0.39 is 0 Å². The Hall–Kier alpha value is 1.40. The number of alkyl halides is 3. The molecule has 0 aromatic carbocycles. The second-order valence-electron chi connectivity index (χ2n) is 4.73. The number of hydrogen-bond acceptors (Lipinski definition) is 1. The molecule has 1 nitrogen and oxygen atoms in total. The van der Waals surface area contributed by atoms with Gasteiger partial charge in [-0.05, 0) is 12.8 Å². The molecule has 2 saturated carbocycles. The molecule has 76 valence electrons. The van der Waals surface area contributed by atoms with Crippen LogP contribution in [0.15, 0.2) is 0 Å². The van der Waals surface area contributed by atoms with Crippen LogP contribution in [0.1, 0.15) is 26.7 Å². The highest BCUT2D eigenvalue weighted by molar-refractivity contribution is 9.25. The maximum Gasteiger partial charge on any atom is 0.0925 e. The van der Waals surface area contributed by atoms with Gasteiger partial charge < -0.3 is 5.11 Å². The maximum absolute atomic E-state index is 9.80. The molecule has 4 atom stereocenters. The van der Waals surface area contributed by atoms with Gasteiger partial charge in [0.1, 0.15) is 0 Å². The summed E-state index contributed by atoms with van der Waals surface area (Å²) in [5, 5.41) is 9.80. The molecular weight excluding hydrogens is 364 g/mol. The fraction of sp³-hybridized carbons (Fsp3) is 1.00. The Morgan fingerprint density at radius 2 is 1.62 bits per heavy atom. The van der Waals surface area contributed by atoms with Crippen molar-refractivity contribution in [3.63, 3.8) is 0 Å². The second kappa shape index (κ2) is 2.74. The summed E-state index contributed by atoms with van der Waals surface area (Å²) in [5.74, 6) is 0. The minimum atomic E-state index is -0.213. The second-order valence-corrected chi connectivity index (χ2v) is 9.35. The first-order chi connectivity index (χ1) is 5.76. The third kappa shape index (κ3) is 1.07. The third-order valence-electron chi connectivity index (χ3n) is 4.18. The molecule has 1 N–H and O–H groups in total. The standard InChI is InChI=1S/C9H13Br3O/c1-7-3-5(10)6(13)4-8(7,2)9(7,11)12/h5-6,13H,3-4H2,1-2H3/t5-,6+,7+,8+/m1/s1.